The first-order chi connectivity index (χ1) is 9.51. The van der Waals surface area contributed by atoms with Gasteiger partial charge in [0.25, 0.3) is 5.91 Å². The standard InChI is InChI=1S/C14H19N3O4/c1-13(2,3)21-12(19)17-10-8(6-7-9(15)16-10)20-14(4,5)11(17)18/h6-7H,1-5H3,(H2,15,16). The third kappa shape index (κ3) is 2.91. The van der Waals surface area contributed by atoms with Gasteiger partial charge in [0.05, 0.1) is 0 Å². The molecule has 1 aliphatic heterocycles. The number of nitrogen functional groups attached to an aromatic ring is 1. The second kappa shape index (κ2) is 4.61. The summed E-state index contributed by atoms with van der Waals surface area (Å²) in [6.45, 7) is 8.30. The number of hydrogen-bond acceptors (Lipinski definition) is 6. The van der Waals surface area contributed by atoms with Crippen LogP contribution < -0.4 is 15.4 Å². The van der Waals surface area contributed by atoms with Crippen LogP contribution in [-0.4, -0.2) is 28.2 Å². The number of anilines is 2. The molecule has 1 aliphatic rings. The summed E-state index contributed by atoms with van der Waals surface area (Å²) in [6.07, 6.45) is -0.803. The lowest BCUT2D eigenvalue weighted by Gasteiger charge is -2.37. The molecule has 0 fully saturated rings. The van der Waals surface area contributed by atoms with Crippen molar-refractivity contribution in [3.63, 3.8) is 0 Å². The Hall–Kier alpha value is -2.31. The molecule has 0 saturated carbocycles. The molecule has 2 N–H and O–H groups in total. The molecule has 21 heavy (non-hydrogen) atoms. The lowest BCUT2D eigenvalue weighted by Crippen LogP contribution is -2.56. The fourth-order valence-electron chi connectivity index (χ4n) is 1.85. The Balaban J connectivity index is 2.50. The van der Waals surface area contributed by atoms with Gasteiger partial charge in [-0.1, -0.05) is 0 Å². The predicted octanol–water partition coefficient (Wildman–Crippen LogP) is 2.10. The minimum Gasteiger partial charge on any atom is -0.474 e. The maximum atomic E-state index is 12.5. The average Bonchev–Trinajstić information content (AvgIpc) is 2.29. The molecule has 0 aliphatic carbocycles. The molecule has 7 nitrogen and oxygen atoms in total. The molecule has 0 bridgehead atoms. The third-order valence-electron chi connectivity index (χ3n) is 2.73. The van der Waals surface area contributed by atoms with Crippen LogP contribution in [0.25, 0.3) is 0 Å². The van der Waals surface area contributed by atoms with Crippen LogP contribution in [0.2, 0.25) is 0 Å². The Labute approximate surface area is 123 Å². The predicted molar refractivity (Wildman–Crippen MR) is 77.1 cm³/mol. The smallest absolute Gasteiger partial charge is 0.423 e. The van der Waals surface area contributed by atoms with Crippen molar-refractivity contribution >= 4 is 23.6 Å². The number of carbonyl (C=O) groups excluding carboxylic acids is 2. The van der Waals surface area contributed by atoms with E-state index in [4.69, 9.17) is 15.2 Å². The number of hydrogen-bond donors (Lipinski definition) is 1. The Kier molecular flexibility index (Phi) is 3.31. The topological polar surface area (TPSA) is 94.8 Å². The van der Waals surface area contributed by atoms with Gasteiger partial charge in [0.15, 0.2) is 17.2 Å². The Morgan fingerprint density at radius 2 is 2.00 bits per heavy atom. The number of imide groups is 1. The van der Waals surface area contributed by atoms with Crippen molar-refractivity contribution in [3.8, 4) is 5.75 Å². The van der Waals surface area contributed by atoms with Crippen molar-refractivity contribution in [2.75, 3.05) is 10.6 Å². The van der Waals surface area contributed by atoms with Gasteiger partial charge in [-0.25, -0.2) is 9.78 Å². The lowest BCUT2D eigenvalue weighted by molar-refractivity contribution is -0.132. The van der Waals surface area contributed by atoms with Gasteiger partial charge < -0.3 is 15.2 Å². The van der Waals surface area contributed by atoms with E-state index in [-0.39, 0.29) is 11.6 Å². The quantitative estimate of drug-likeness (QED) is 0.787. The fraction of sp³-hybridized carbons (Fsp3) is 0.500. The van der Waals surface area contributed by atoms with Crippen LogP contribution in [0.15, 0.2) is 12.1 Å². The number of ether oxygens (including phenoxy) is 2. The second-order valence-corrected chi connectivity index (χ2v) is 6.29. The molecule has 0 aromatic carbocycles. The van der Waals surface area contributed by atoms with Crippen LogP contribution in [0.5, 0.6) is 5.75 Å². The van der Waals surface area contributed by atoms with Gasteiger partial charge in [0, 0.05) is 0 Å². The van der Waals surface area contributed by atoms with Gasteiger partial charge in [-0.05, 0) is 46.8 Å². The minimum atomic E-state index is -1.19. The minimum absolute atomic E-state index is 0.0496. The number of amides is 2. The zero-order chi connectivity index (χ0) is 16.0. The number of nitrogens with zero attached hydrogens (tertiary/aromatic N) is 2. The molecule has 7 heteroatoms. The fourth-order valence-corrected chi connectivity index (χ4v) is 1.85. The van der Waals surface area contributed by atoms with Gasteiger partial charge in [-0.15, -0.1) is 0 Å². The molecule has 0 radical (unpaired) electrons. The van der Waals surface area contributed by atoms with Gasteiger partial charge in [-0.3, -0.25) is 4.79 Å². The molecule has 0 unspecified atom stereocenters. The molecule has 1 aromatic rings. The van der Waals surface area contributed by atoms with Crippen LogP contribution in [0.3, 0.4) is 0 Å². The third-order valence-corrected chi connectivity index (χ3v) is 2.73. The van der Waals surface area contributed by atoms with Crippen LogP contribution in [0.4, 0.5) is 16.4 Å². The van der Waals surface area contributed by atoms with E-state index in [1.54, 1.807) is 40.7 Å². The number of fused-ring (bicyclic) bond motifs is 1. The summed E-state index contributed by atoms with van der Waals surface area (Å²) in [5.74, 6) is -0.0194. The van der Waals surface area contributed by atoms with Crippen molar-refractivity contribution in [2.24, 2.45) is 0 Å². The van der Waals surface area contributed by atoms with E-state index in [2.05, 4.69) is 4.98 Å². The van der Waals surface area contributed by atoms with Crippen molar-refractivity contribution in [3.05, 3.63) is 12.1 Å². The van der Waals surface area contributed by atoms with Gasteiger partial charge in [0.2, 0.25) is 0 Å². The Morgan fingerprint density at radius 3 is 2.57 bits per heavy atom. The van der Waals surface area contributed by atoms with E-state index in [0.29, 0.717) is 5.75 Å². The van der Waals surface area contributed by atoms with E-state index in [0.717, 1.165) is 4.90 Å². The van der Waals surface area contributed by atoms with Crippen LogP contribution in [0.1, 0.15) is 34.6 Å². The summed E-state index contributed by atoms with van der Waals surface area (Å²) < 4.78 is 10.8. The SMILES string of the molecule is CC(C)(C)OC(=O)N1C(=O)C(C)(C)Oc2ccc(N)nc21. The molecule has 1 aromatic heterocycles. The van der Waals surface area contributed by atoms with Crippen molar-refractivity contribution < 1.29 is 19.1 Å². The number of carbonyl (C=O) groups is 2. The lowest BCUT2D eigenvalue weighted by atomic mass is 10.1. The van der Waals surface area contributed by atoms with Crippen LogP contribution >= 0.6 is 0 Å². The largest absolute Gasteiger partial charge is 0.474 e. The summed E-state index contributed by atoms with van der Waals surface area (Å²) in [7, 11) is 0. The highest BCUT2D eigenvalue weighted by Gasteiger charge is 2.46. The normalized spacial score (nSPS) is 17.0. The molecule has 0 saturated heterocycles. The summed E-state index contributed by atoms with van der Waals surface area (Å²) in [4.78, 5) is 29.7. The number of pyridine rings is 1. The van der Waals surface area contributed by atoms with Crippen molar-refractivity contribution in [1.29, 1.82) is 0 Å². The number of rotatable bonds is 0. The van der Waals surface area contributed by atoms with Crippen molar-refractivity contribution in [1.82, 2.24) is 4.98 Å². The molecule has 0 spiro atoms. The highest BCUT2D eigenvalue weighted by Crippen LogP contribution is 2.37. The van der Waals surface area contributed by atoms with E-state index in [9.17, 15) is 9.59 Å². The monoisotopic (exact) mass is 293 g/mol. The summed E-state index contributed by atoms with van der Waals surface area (Å²) >= 11 is 0. The summed E-state index contributed by atoms with van der Waals surface area (Å²) in [5, 5.41) is 0. The molecule has 2 amide bonds. The maximum absolute atomic E-state index is 12.5. The molecule has 2 rings (SSSR count). The van der Waals surface area contributed by atoms with Crippen molar-refractivity contribution in [2.45, 2.75) is 45.8 Å². The first kappa shape index (κ1) is 15.1. The maximum Gasteiger partial charge on any atom is 0.423 e. The van der Waals surface area contributed by atoms with E-state index >= 15 is 0 Å². The molecule has 0 atom stereocenters. The molecule has 2 heterocycles. The van der Waals surface area contributed by atoms with Gasteiger partial charge >= 0.3 is 6.09 Å². The second-order valence-electron chi connectivity index (χ2n) is 6.29. The molecule has 114 valence electrons. The first-order valence-corrected chi connectivity index (χ1v) is 6.54. The Bertz CT molecular complexity index is 605. The summed E-state index contributed by atoms with van der Waals surface area (Å²) in [5.41, 5.74) is 3.70. The highest BCUT2D eigenvalue weighted by atomic mass is 16.6. The molecular weight excluding hydrogens is 274 g/mol. The summed E-state index contributed by atoms with van der Waals surface area (Å²) in [6, 6.07) is 3.11. The van der Waals surface area contributed by atoms with E-state index < -0.39 is 23.2 Å². The number of aromatic nitrogens is 1. The van der Waals surface area contributed by atoms with E-state index in [1.165, 1.54) is 6.07 Å². The zero-order valence-corrected chi connectivity index (χ0v) is 12.8. The van der Waals surface area contributed by atoms with Gasteiger partial charge in [-0.2, -0.15) is 4.90 Å². The Morgan fingerprint density at radius 1 is 1.38 bits per heavy atom. The van der Waals surface area contributed by atoms with Crippen LogP contribution in [-0.2, 0) is 9.53 Å². The molecular formula is C14H19N3O4. The number of nitrogens with two attached hydrogens (primary N) is 1. The van der Waals surface area contributed by atoms with Crippen LogP contribution in [0, 0.1) is 0 Å². The van der Waals surface area contributed by atoms with Gasteiger partial charge in [0.1, 0.15) is 11.4 Å². The zero-order valence-electron chi connectivity index (χ0n) is 12.8. The highest BCUT2D eigenvalue weighted by molar-refractivity contribution is 6.16. The van der Waals surface area contributed by atoms with E-state index in [1.807, 2.05) is 0 Å². The average molecular weight is 293 g/mol. The first-order valence-electron chi connectivity index (χ1n) is 6.54.